The predicted octanol–water partition coefficient (Wildman–Crippen LogP) is 1.52. The van der Waals surface area contributed by atoms with E-state index in [0.29, 0.717) is 24.7 Å². The Bertz CT molecular complexity index is 519. The number of likely N-dealkylation sites (tertiary alicyclic amines) is 1. The molecule has 21 heavy (non-hydrogen) atoms. The molecule has 1 aliphatic rings. The zero-order valence-corrected chi connectivity index (χ0v) is 12.5. The first-order valence-corrected chi connectivity index (χ1v) is 7.28. The molecule has 2 heterocycles. The van der Waals surface area contributed by atoms with E-state index in [1.54, 1.807) is 17.2 Å². The maximum Gasteiger partial charge on any atom is 0.223 e. The van der Waals surface area contributed by atoms with Crippen LogP contribution in [0.2, 0.25) is 0 Å². The first-order valence-electron chi connectivity index (χ1n) is 7.28. The smallest absolute Gasteiger partial charge is 0.223 e. The van der Waals surface area contributed by atoms with E-state index in [4.69, 9.17) is 4.74 Å². The zero-order valence-electron chi connectivity index (χ0n) is 12.5. The molecular formula is C15H21N3O3. The van der Waals surface area contributed by atoms with Crippen molar-refractivity contribution >= 4 is 11.7 Å². The Kier molecular flexibility index (Phi) is 5.25. The van der Waals surface area contributed by atoms with Gasteiger partial charge < -0.3 is 14.4 Å². The zero-order chi connectivity index (χ0) is 15.2. The summed E-state index contributed by atoms with van der Waals surface area (Å²) >= 11 is 0. The quantitative estimate of drug-likeness (QED) is 0.822. The summed E-state index contributed by atoms with van der Waals surface area (Å²) in [5.74, 6) is 1.28. The summed E-state index contributed by atoms with van der Waals surface area (Å²) < 4.78 is 5.83. The molecule has 1 aromatic rings. The third-order valence-corrected chi connectivity index (χ3v) is 3.46. The van der Waals surface area contributed by atoms with Crippen LogP contribution in [0, 0.1) is 6.92 Å². The molecule has 0 spiro atoms. The number of hydrogen-bond donors (Lipinski definition) is 0. The standard InChI is InChI=1S/C15H21N3O3/c1-11(19)5-6-15(20)18-9-3-4-13(10-18)21-14-7-8-16-12(2)17-14/h7-8,13H,3-6,9-10H2,1-2H3. The van der Waals surface area contributed by atoms with Crippen molar-refractivity contribution in [2.24, 2.45) is 0 Å². The molecule has 0 N–H and O–H groups in total. The summed E-state index contributed by atoms with van der Waals surface area (Å²) in [6.07, 6.45) is 4.02. The van der Waals surface area contributed by atoms with Gasteiger partial charge in [0.15, 0.2) is 0 Å². The van der Waals surface area contributed by atoms with E-state index in [2.05, 4.69) is 9.97 Å². The molecule has 0 saturated carbocycles. The molecule has 114 valence electrons. The minimum atomic E-state index is -0.0469. The molecule has 0 aromatic carbocycles. The highest BCUT2D eigenvalue weighted by Crippen LogP contribution is 2.17. The molecule has 0 aliphatic carbocycles. The number of amides is 1. The lowest BCUT2D eigenvalue weighted by Gasteiger charge is -2.32. The van der Waals surface area contributed by atoms with Gasteiger partial charge in [-0.15, -0.1) is 0 Å². The molecule has 0 radical (unpaired) electrons. The number of aromatic nitrogens is 2. The van der Waals surface area contributed by atoms with Crippen LogP contribution in [0.3, 0.4) is 0 Å². The van der Waals surface area contributed by atoms with Gasteiger partial charge in [-0.2, -0.15) is 4.98 Å². The molecule has 1 atom stereocenters. The second kappa shape index (κ2) is 7.15. The minimum absolute atomic E-state index is 0.0253. The monoisotopic (exact) mass is 291 g/mol. The number of nitrogens with zero attached hydrogens (tertiary/aromatic N) is 3. The Morgan fingerprint density at radius 1 is 1.43 bits per heavy atom. The lowest BCUT2D eigenvalue weighted by Crippen LogP contribution is -2.44. The van der Waals surface area contributed by atoms with Crippen LogP contribution < -0.4 is 4.74 Å². The molecule has 1 amide bonds. The fraction of sp³-hybridized carbons (Fsp3) is 0.600. The molecule has 1 saturated heterocycles. The molecule has 6 heteroatoms. The number of aryl methyl sites for hydroxylation is 1. The van der Waals surface area contributed by atoms with Crippen molar-refractivity contribution in [3.05, 3.63) is 18.1 Å². The van der Waals surface area contributed by atoms with Gasteiger partial charge in [-0.05, 0) is 26.7 Å². The largest absolute Gasteiger partial charge is 0.472 e. The van der Waals surface area contributed by atoms with Gasteiger partial charge in [0.2, 0.25) is 11.8 Å². The van der Waals surface area contributed by atoms with Crippen LogP contribution in [0.15, 0.2) is 12.3 Å². The number of carbonyl (C=O) groups excluding carboxylic acids is 2. The molecule has 1 fully saturated rings. The van der Waals surface area contributed by atoms with Crippen LogP contribution in [0.5, 0.6) is 5.88 Å². The van der Waals surface area contributed by atoms with E-state index in [0.717, 1.165) is 19.4 Å². The van der Waals surface area contributed by atoms with Crippen LogP contribution in [0.4, 0.5) is 0 Å². The molecule has 1 unspecified atom stereocenters. The van der Waals surface area contributed by atoms with Crippen molar-refractivity contribution < 1.29 is 14.3 Å². The Morgan fingerprint density at radius 3 is 2.95 bits per heavy atom. The number of ether oxygens (including phenoxy) is 1. The van der Waals surface area contributed by atoms with Crippen molar-refractivity contribution in [2.75, 3.05) is 13.1 Å². The van der Waals surface area contributed by atoms with E-state index in [9.17, 15) is 9.59 Å². The second-order valence-electron chi connectivity index (χ2n) is 5.37. The maximum absolute atomic E-state index is 12.0. The molecule has 1 aliphatic heterocycles. The van der Waals surface area contributed by atoms with Gasteiger partial charge in [0.25, 0.3) is 0 Å². The number of Topliss-reactive ketones (excluding diaryl/α,β-unsaturated/α-hetero) is 1. The summed E-state index contributed by atoms with van der Waals surface area (Å²) in [4.78, 5) is 33.0. The lowest BCUT2D eigenvalue weighted by molar-refractivity contribution is -0.135. The summed E-state index contributed by atoms with van der Waals surface area (Å²) in [5, 5.41) is 0. The van der Waals surface area contributed by atoms with Crippen molar-refractivity contribution in [3.63, 3.8) is 0 Å². The summed E-state index contributed by atoms with van der Waals surface area (Å²) in [6, 6.07) is 1.73. The number of carbonyl (C=O) groups is 2. The van der Waals surface area contributed by atoms with Gasteiger partial charge in [-0.1, -0.05) is 0 Å². The predicted molar refractivity (Wildman–Crippen MR) is 76.9 cm³/mol. The summed E-state index contributed by atoms with van der Waals surface area (Å²) in [6.45, 7) is 4.61. The maximum atomic E-state index is 12.0. The van der Waals surface area contributed by atoms with Gasteiger partial charge >= 0.3 is 0 Å². The highest BCUT2D eigenvalue weighted by Gasteiger charge is 2.25. The highest BCUT2D eigenvalue weighted by molar-refractivity contribution is 5.83. The van der Waals surface area contributed by atoms with Gasteiger partial charge in [-0.25, -0.2) is 4.98 Å². The van der Waals surface area contributed by atoms with E-state index >= 15 is 0 Å². The number of rotatable bonds is 5. The van der Waals surface area contributed by atoms with Crippen LogP contribution in [0.25, 0.3) is 0 Å². The first kappa shape index (κ1) is 15.4. The first-order chi connectivity index (χ1) is 10.0. The van der Waals surface area contributed by atoms with E-state index < -0.39 is 0 Å². The van der Waals surface area contributed by atoms with Crippen LogP contribution in [-0.2, 0) is 9.59 Å². The Morgan fingerprint density at radius 2 is 2.24 bits per heavy atom. The Hall–Kier alpha value is -1.98. The number of hydrogen-bond acceptors (Lipinski definition) is 5. The van der Waals surface area contributed by atoms with Gasteiger partial charge in [0, 0.05) is 31.6 Å². The van der Waals surface area contributed by atoms with Crippen LogP contribution in [0.1, 0.15) is 38.4 Å². The average molecular weight is 291 g/mol. The van der Waals surface area contributed by atoms with Crippen molar-refractivity contribution in [3.8, 4) is 5.88 Å². The van der Waals surface area contributed by atoms with Crippen LogP contribution >= 0.6 is 0 Å². The van der Waals surface area contributed by atoms with Gasteiger partial charge in [0.05, 0.1) is 6.54 Å². The molecule has 1 aromatic heterocycles. The van der Waals surface area contributed by atoms with E-state index in [1.165, 1.54) is 6.92 Å². The Balaban J connectivity index is 1.88. The van der Waals surface area contributed by atoms with Gasteiger partial charge in [-0.3, -0.25) is 4.79 Å². The summed E-state index contributed by atoms with van der Waals surface area (Å²) in [7, 11) is 0. The SMILES string of the molecule is CC(=O)CCC(=O)N1CCCC(Oc2ccnc(C)n2)C1. The van der Waals surface area contributed by atoms with Crippen molar-refractivity contribution in [1.82, 2.24) is 14.9 Å². The van der Waals surface area contributed by atoms with E-state index in [-0.39, 0.29) is 24.2 Å². The second-order valence-corrected chi connectivity index (χ2v) is 5.37. The van der Waals surface area contributed by atoms with Gasteiger partial charge in [0.1, 0.15) is 17.7 Å². The third-order valence-electron chi connectivity index (χ3n) is 3.46. The molecule has 2 rings (SSSR count). The lowest BCUT2D eigenvalue weighted by atomic mass is 10.1. The van der Waals surface area contributed by atoms with E-state index in [1.807, 2.05) is 6.92 Å². The number of ketones is 1. The molecular weight excluding hydrogens is 270 g/mol. The number of piperidine rings is 1. The van der Waals surface area contributed by atoms with Crippen molar-refractivity contribution in [1.29, 1.82) is 0 Å². The Labute approximate surface area is 124 Å². The topological polar surface area (TPSA) is 72.4 Å². The molecule has 6 nitrogen and oxygen atoms in total. The molecule has 0 bridgehead atoms. The van der Waals surface area contributed by atoms with Crippen LogP contribution in [-0.4, -0.2) is 45.8 Å². The summed E-state index contributed by atoms with van der Waals surface area (Å²) in [5.41, 5.74) is 0. The fourth-order valence-corrected chi connectivity index (χ4v) is 2.37. The highest BCUT2D eigenvalue weighted by atomic mass is 16.5. The normalized spacial score (nSPS) is 18.4. The fourth-order valence-electron chi connectivity index (χ4n) is 2.37. The average Bonchev–Trinajstić information content (AvgIpc) is 2.45. The van der Waals surface area contributed by atoms with Crippen molar-refractivity contribution in [2.45, 2.75) is 45.6 Å². The third kappa shape index (κ3) is 4.81. The minimum Gasteiger partial charge on any atom is -0.472 e.